The van der Waals surface area contributed by atoms with Gasteiger partial charge < -0.3 is 10.6 Å². The summed E-state index contributed by atoms with van der Waals surface area (Å²) in [6.45, 7) is 2.61. The van der Waals surface area contributed by atoms with Crippen molar-refractivity contribution in [1.29, 1.82) is 0 Å². The number of piperidine rings is 1. The molecule has 1 saturated heterocycles. The van der Waals surface area contributed by atoms with Crippen LogP contribution in [-0.2, 0) is 0 Å². The van der Waals surface area contributed by atoms with Crippen LogP contribution >= 0.6 is 0 Å². The van der Waals surface area contributed by atoms with Crippen molar-refractivity contribution in [3.8, 4) is 0 Å². The van der Waals surface area contributed by atoms with E-state index in [1.54, 1.807) is 17.0 Å². The van der Waals surface area contributed by atoms with Gasteiger partial charge in [0.05, 0.1) is 0 Å². The summed E-state index contributed by atoms with van der Waals surface area (Å²) in [4.78, 5) is 16.1. The first-order chi connectivity index (χ1) is 9.72. The van der Waals surface area contributed by atoms with Crippen LogP contribution in [0.5, 0.6) is 0 Å². The van der Waals surface area contributed by atoms with Gasteiger partial charge in [-0.05, 0) is 50.4 Å². The molecular formula is C15H22FN3O. The van der Waals surface area contributed by atoms with E-state index in [-0.39, 0.29) is 11.8 Å². The van der Waals surface area contributed by atoms with Crippen LogP contribution in [0.1, 0.15) is 25.7 Å². The molecule has 0 unspecified atom stereocenters. The minimum Gasteiger partial charge on any atom is -0.330 e. The Hall–Kier alpha value is -1.62. The van der Waals surface area contributed by atoms with Crippen LogP contribution in [-0.4, -0.2) is 37.1 Å². The van der Waals surface area contributed by atoms with Crippen molar-refractivity contribution in [1.82, 2.24) is 4.90 Å². The van der Waals surface area contributed by atoms with Crippen molar-refractivity contribution in [2.45, 2.75) is 25.7 Å². The minimum absolute atomic E-state index is 0.0382. The number of urea groups is 1. The van der Waals surface area contributed by atoms with E-state index < -0.39 is 0 Å². The summed E-state index contributed by atoms with van der Waals surface area (Å²) in [6.07, 6.45) is 3.96. The van der Waals surface area contributed by atoms with Crippen LogP contribution in [0.2, 0.25) is 0 Å². The zero-order valence-corrected chi connectivity index (χ0v) is 11.7. The van der Waals surface area contributed by atoms with Crippen molar-refractivity contribution in [2.24, 2.45) is 5.73 Å². The van der Waals surface area contributed by atoms with E-state index in [0.29, 0.717) is 25.2 Å². The summed E-state index contributed by atoms with van der Waals surface area (Å²) in [5.41, 5.74) is 6.14. The van der Waals surface area contributed by atoms with Crippen LogP contribution in [0.3, 0.4) is 0 Å². The topological polar surface area (TPSA) is 49.6 Å². The zero-order chi connectivity index (χ0) is 14.4. The van der Waals surface area contributed by atoms with Crippen LogP contribution in [0.25, 0.3) is 0 Å². The highest BCUT2D eigenvalue weighted by atomic mass is 19.1. The molecule has 1 aliphatic heterocycles. The van der Waals surface area contributed by atoms with Crippen LogP contribution in [0.4, 0.5) is 14.9 Å². The molecule has 0 saturated carbocycles. The molecule has 20 heavy (non-hydrogen) atoms. The molecule has 4 nitrogen and oxygen atoms in total. The summed E-state index contributed by atoms with van der Waals surface area (Å²) in [5.74, 6) is -0.327. The van der Waals surface area contributed by atoms with E-state index in [4.69, 9.17) is 5.73 Å². The standard InChI is InChI=1S/C15H22FN3O/c16-13-6-4-7-14(12-13)19(11-5-8-17)15(20)18-9-2-1-3-10-18/h4,6-7,12H,1-3,5,8-11,17H2. The van der Waals surface area contributed by atoms with Gasteiger partial charge in [0.2, 0.25) is 0 Å². The van der Waals surface area contributed by atoms with Crippen LogP contribution < -0.4 is 10.6 Å². The lowest BCUT2D eigenvalue weighted by molar-refractivity contribution is 0.193. The quantitative estimate of drug-likeness (QED) is 0.921. The predicted molar refractivity (Wildman–Crippen MR) is 78.2 cm³/mol. The molecule has 1 aromatic rings. The highest BCUT2D eigenvalue weighted by Crippen LogP contribution is 2.19. The van der Waals surface area contributed by atoms with Gasteiger partial charge >= 0.3 is 6.03 Å². The van der Waals surface area contributed by atoms with E-state index in [1.807, 2.05) is 4.90 Å². The maximum absolute atomic E-state index is 13.4. The summed E-state index contributed by atoms with van der Waals surface area (Å²) in [5, 5.41) is 0. The Morgan fingerprint density at radius 1 is 1.30 bits per heavy atom. The number of rotatable bonds is 4. The molecule has 0 bridgehead atoms. The van der Waals surface area contributed by atoms with E-state index in [2.05, 4.69) is 0 Å². The maximum Gasteiger partial charge on any atom is 0.324 e. The number of likely N-dealkylation sites (tertiary alicyclic amines) is 1. The van der Waals surface area contributed by atoms with Gasteiger partial charge in [-0.25, -0.2) is 9.18 Å². The van der Waals surface area contributed by atoms with Gasteiger partial charge in [0, 0.05) is 25.3 Å². The first kappa shape index (κ1) is 14.8. The number of anilines is 1. The molecule has 110 valence electrons. The van der Waals surface area contributed by atoms with E-state index in [9.17, 15) is 9.18 Å². The molecule has 1 heterocycles. The number of nitrogens with zero attached hydrogens (tertiary/aromatic N) is 2. The molecule has 1 fully saturated rings. The van der Waals surface area contributed by atoms with Gasteiger partial charge in [0.1, 0.15) is 5.82 Å². The SMILES string of the molecule is NCCCN(C(=O)N1CCCCC1)c1cccc(F)c1. The fraction of sp³-hybridized carbons (Fsp3) is 0.533. The normalized spacial score (nSPS) is 15.2. The Balaban J connectivity index is 2.15. The van der Waals surface area contributed by atoms with Crippen molar-refractivity contribution in [3.05, 3.63) is 30.1 Å². The Morgan fingerprint density at radius 3 is 2.70 bits per heavy atom. The molecule has 2 rings (SSSR count). The lowest BCUT2D eigenvalue weighted by Crippen LogP contribution is -2.46. The number of carbonyl (C=O) groups excluding carboxylic acids is 1. The third-order valence-corrected chi connectivity index (χ3v) is 3.56. The van der Waals surface area contributed by atoms with Crippen molar-refractivity contribution < 1.29 is 9.18 Å². The molecule has 1 aromatic carbocycles. The largest absolute Gasteiger partial charge is 0.330 e. The minimum atomic E-state index is -0.327. The summed E-state index contributed by atoms with van der Waals surface area (Å²) < 4.78 is 13.4. The molecule has 0 spiro atoms. The summed E-state index contributed by atoms with van der Waals surface area (Å²) in [6, 6.07) is 6.14. The highest BCUT2D eigenvalue weighted by Gasteiger charge is 2.23. The van der Waals surface area contributed by atoms with Crippen LogP contribution in [0, 0.1) is 5.82 Å². The Morgan fingerprint density at radius 2 is 2.05 bits per heavy atom. The lowest BCUT2D eigenvalue weighted by Gasteiger charge is -2.33. The Bertz CT molecular complexity index is 446. The molecule has 5 heteroatoms. The average Bonchev–Trinajstić information content (AvgIpc) is 2.48. The highest BCUT2D eigenvalue weighted by molar-refractivity contribution is 5.92. The molecule has 0 aliphatic carbocycles. The van der Waals surface area contributed by atoms with Gasteiger partial charge in [0.25, 0.3) is 0 Å². The van der Waals surface area contributed by atoms with Crippen molar-refractivity contribution in [3.63, 3.8) is 0 Å². The van der Waals surface area contributed by atoms with E-state index in [1.165, 1.54) is 18.6 Å². The molecule has 2 amide bonds. The Kier molecular flexibility index (Phi) is 5.35. The van der Waals surface area contributed by atoms with Gasteiger partial charge in [-0.15, -0.1) is 0 Å². The van der Waals surface area contributed by atoms with Crippen LogP contribution in [0.15, 0.2) is 24.3 Å². The first-order valence-corrected chi connectivity index (χ1v) is 7.24. The number of hydrogen-bond acceptors (Lipinski definition) is 2. The zero-order valence-electron chi connectivity index (χ0n) is 11.7. The second kappa shape index (κ2) is 7.24. The molecule has 0 radical (unpaired) electrons. The number of nitrogens with two attached hydrogens (primary N) is 1. The average molecular weight is 279 g/mol. The van der Waals surface area contributed by atoms with E-state index >= 15 is 0 Å². The number of benzene rings is 1. The van der Waals surface area contributed by atoms with Crippen molar-refractivity contribution in [2.75, 3.05) is 31.1 Å². The fourth-order valence-corrected chi connectivity index (χ4v) is 2.48. The van der Waals surface area contributed by atoms with Gasteiger partial charge in [-0.1, -0.05) is 6.07 Å². The molecule has 0 atom stereocenters. The van der Waals surface area contributed by atoms with E-state index in [0.717, 1.165) is 25.9 Å². The third kappa shape index (κ3) is 3.70. The number of carbonyl (C=O) groups is 1. The summed E-state index contributed by atoms with van der Waals surface area (Å²) >= 11 is 0. The van der Waals surface area contributed by atoms with Gasteiger partial charge in [-0.2, -0.15) is 0 Å². The fourth-order valence-electron chi connectivity index (χ4n) is 2.48. The number of halogens is 1. The first-order valence-electron chi connectivity index (χ1n) is 7.24. The Labute approximate surface area is 119 Å². The smallest absolute Gasteiger partial charge is 0.324 e. The van der Waals surface area contributed by atoms with Gasteiger partial charge in [-0.3, -0.25) is 4.90 Å². The third-order valence-electron chi connectivity index (χ3n) is 3.56. The second-order valence-electron chi connectivity index (χ2n) is 5.10. The molecule has 0 aromatic heterocycles. The van der Waals surface area contributed by atoms with Crippen molar-refractivity contribution >= 4 is 11.7 Å². The predicted octanol–water partition coefficient (Wildman–Crippen LogP) is 2.59. The maximum atomic E-state index is 13.4. The number of amides is 2. The lowest BCUT2D eigenvalue weighted by atomic mass is 10.1. The second-order valence-corrected chi connectivity index (χ2v) is 5.10. The number of hydrogen-bond donors (Lipinski definition) is 1. The summed E-state index contributed by atoms with van der Waals surface area (Å²) in [7, 11) is 0. The molecule has 1 aliphatic rings. The monoisotopic (exact) mass is 279 g/mol. The van der Waals surface area contributed by atoms with Gasteiger partial charge in [0.15, 0.2) is 0 Å². The molecule has 2 N–H and O–H groups in total. The molecular weight excluding hydrogens is 257 g/mol.